The molecule has 4 aromatic rings. The van der Waals surface area contributed by atoms with Crippen molar-refractivity contribution in [3.63, 3.8) is 0 Å². The zero-order valence-electron chi connectivity index (χ0n) is 11.4. The first-order valence-corrected chi connectivity index (χ1v) is 6.59. The molecule has 0 atom stereocenters. The molecular formula is C15H10N6O. The normalized spacial score (nSPS) is 10.7. The molecule has 3 heterocycles. The number of para-hydroxylation sites is 1. The SMILES string of the molecule is c1ccc(Oc2ncc(-c3cnc4nncn4c3)cn2)cc1. The Hall–Kier alpha value is -3.35. The van der Waals surface area contributed by atoms with Crippen molar-refractivity contribution in [2.24, 2.45) is 0 Å². The van der Waals surface area contributed by atoms with E-state index in [2.05, 4.69) is 25.1 Å². The van der Waals surface area contributed by atoms with Gasteiger partial charge in [-0.05, 0) is 12.1 Å². The van der Waals surface area contributed by atoms with E-state index in [0.29, 0.717) is 17.5 Å². The third-order valence-electron chi connectivity index (χ3n) is 3.07. The molecule has 0 aliphatic heterocycles. The number of hydrogen-bond acceptors (Lipinski definition) is 6. The molecular weight excluding hydrogens is 280 g/mol. The first kappa shape index (κ1) is 12.4. The molecule has 0 unspecified atom stereocenters. The quantitative estimate of drug-likeness (QED) is 0.576. The Kier molecular flexibility index (Phi) is 2.93. The molecule has 0 saturated heterocycles. The minimum absolute atomic E-state index is 0.299. The van der Waals surface area contributed by atoms with Crippen LogP contribution in [0.5, 0.6) is 11.8 Å². The van der Waals surface area contributed by atoms with Gasteiger partial charge >= 0.3 is 6.01 Å². The largest absolute Gasteiger partial charge is 0.424 e. The lowest BCUT2D eigenvalue weighted by Crippen LogP contribution is -1.93. The van der Waals surface area contributed by atoms with Crippen molar-refractivity contribution < 1.29 is 4.74 Å². The fourth-order valence-corrected chi connectivity index (χ4v) is 1.99. The highest BCUT2D eigenvalue weighted by Gasteiger charge is 2.05. The Morgan fingerprint density at radius 2 is 1.64 bits per heavy atom. The van der Waals surface area contributed by atoms with Crippen LogP contribution in [0.2, 0.25) is 0 Å². The third kappa shape index (κ3) is 2.35. The first-order chi connectivity index (χ1) is 10.9. The molecule has 0 amide bonds. The highest BCUT2D eigenvalue weighted by atomic mass is 16.5. The smallest absolute Gasteiger partial charge is 0.321 e. The summed E-state index contributed by atoms with van der Waals surface area (Å²) in [5.41, 5.74) is 1.71. The van der Waals surface area contributed by atoms with Gasteiger partial charge in [-0.15, -0.1) is 10.2 Å². The zero-order chi connectivity index (χ0) is 14.8. The molecule has 0 aliphatic carbocycles. The second-order valence-corrected chi connectivity index (χ2v) is 4.55. The summed E-state index contributed by atoms with van der Waals surface area (Å²) in [5, 5.41) is 7.66. The van der Waals surface area contributed by atoms with Crippen LogP contribution in [0.4, 0.5) is 0 Å². The number of ether oxygens (including phenoxy) is 1. The van der Waals surface area contributed by atoms with Gasteiger partial charge in [-0.1, -0.05) is 18.2 Å². The molecule has 106 valence electrons. The average Bonchev–Trinajstić information content (AvgIpc) is 3.04. The average molecular weight is 290 g/mol. The molecule has 22 heavy (non-hydrogen) atoms. The monoisotopic (exact) mass is 290 g/mol. The van der Waals surface area contributed by atoms with Gasteiger partial charge in [-0.3, -0.25) is 4.40 Å². The Morgan fingerprint density at radius 1 is 0.864 bits per heavy atom. The summed E-state index contributed by atoms with van der Waals surface area (Å²) in [5.74, 6) is 1.25. The van der Waals surface area contributed by atoms with Crippen LogP contribution >= 0.6 is 0 Å². The number of rotatable bonds is 3. The molecule has 4 rings (SSSR count). The van der Waals surface area contributed by atoms with Crippen molar-refractivity contribution in [1.29, 1.82) is 0 Å². The third-order valence-corrected chi connectivity index (χ3v) is 3.07. The molecule has 3 aromatic heterocycles. The molecule has 1 aromatic carbocycles. The lowest BCUT2D eigenvalue weighted by Gasteiger charge is -2.04. The minimum atomic E-state index is 0.299. The molecule has 0 aliphatic rings. The van der Waals surface area contributed by atoms with Gasteiger partial charge in [0.15, 0.2) is 0 Å². The maximum Gasteiger partial charge on any atom is 0.321 e. The van der Waals surface area contributed by atoms with Crippen LogP contribution in [-0.2, 0) is 0 Å². The molecule has 7 heteroatoms. The van der Waals surface area contributed by atoms with Crippen LogP contribution in [0.1, 0.15) is 0 Å². The van der Waals surface area contributed by atoms with Gasteiger partial charge in [0, 0.05) is 35.9 Å². The van der Waals surface area contributed by atoms with Gasteiger partial charge in [0.05, 0.1) is 0 Å². The Bertz CT molecular complexity index is 904. The van der Waals surface area contributed by atoms with Crippen molar-refractivity contribution >= 4 is 5.78 Å². The standard InChI is InChI=1S/C15H10N6O/c1-2-4-13(5-3-1)22-15-17-6-11(7-18-15)12-8-16-14-20-19-10-21(14)9-12/h1-10H. The van der Waals surface area contributed by atoms with Gasteiger partial charge in [0.1, 0.15) is 12.1 Å². The molecule has 0 spiro atoms. The van der Waals surface area contributed by atoms with E-state index >= 15 is 0 Å². The van der Waals surface area contributed by atoms with E-state index < -0.39 is 0 Å². The number of fused-ring (bicyclic) bond motifs is 1. The van der Waals surface area contributed by atoms with Crippen molar-refractivity contribution in [2.45, 2.75) is 0 Å². The summed E-state index contributed by atoms with van der Waals surface area (Å²) < 4.78 is 7.30. The second-order valence-electron chi connectivity index (χ2n) is 4.55. The number of aromatic nitrogens is 6. The van der Waals surface area contributed by atoms with Crippen LogP contribution in [0.25, 0.3) is 16.9 Å². The summed E-state index contributed by atoms with van der Waals surface area (Å²) in [6.07, 6.45) is 8.57. The first-order valence-electron chi connectivity index (χ1n) is 6.59. The van der Waals surface area contributed by atoms with Crippen molar-refractivity contribution in [1.82, 2.24) is 29.5 Å². The Labute approximate surface area is 125 Å². The predicted octanol–water partition coefficient (Wildman–Crippen LogP) is 2.37. The molecule has 0 saturated carbocycles. The van der Waals surface area contributed by atoms with Gasteiger partial charge in [0.25, 0.3) is 5.78 Å². The van der Waals surface area contributed by atoms with Crippen molar-refractivity contribution in [2.75, 3.05) is 0 Å². The molecule has 7 nitrogen and oxygen atoms in total. The highest BCUT2D eigenvalue weighted by Crippen LogP contribution is 2.20. The van der Waals surface area contributed by atoms with Crippen molar-refractivity contribution in [3.05, 3.63) is 61.4 Å². The number of benzene rings is 1. The fourth-order valence-electron chi connectivity index (χ4n) is 1.99. The van der Waals surface area contributed by atoms with Crippen LogP contribution in [0.15, 0.2) is 61.4 Å². The molecule has 0 N–H and O–H groups in total. The van der Waals surface area contributed by atoms with Gasteiger partial charge in [-0.25, -0.2) is 15.0 Å². The van der Waals surface area contributed by atoms with Crippen molar-refractivity contribution in [3.8, 4) is 22.9 Å². The van der Waals surface area contributed by atoms with E-state index in [1.165, 1.54) is 0 Å². The van der Waals surface area contributed by atoms with Crippen LogP contribution in [0, 0.1) is 0 Å². The number of hydrogen-bond donors (Lipinski definition) is 0. The summed E-state index contributed by atoms with van der Waals surface area (Å²) in [6, 6.07) is 9.70. The van der Waals surface area contributed by atoms with Gasteiger partial charge < -0.3 is 4.74 Å². The van der Waals surface area contributed by atoms with Gasteiger partial charge in [-0.2, -0.15) is 0 Å². The second kappa shape index (κ2) is 5.21. The van der Waals surface area contributed by atoms with E-state index in [0.717, 1.165) is 11.1 Å². The lowest BCUT2D eigenvalue weighted by atomic mass is 10.2. The summed E-state index contributed by atoms with van der Waals surface area (Å²) in [4.78, 5) is 12.6. The molecule has 0 radical (unpaired) electrons. The van der Waals surface area contributed by atoms with E-state index in [1.54, 1.807) is 29.3 Å². The maximum atomic E-state index is 5.56. The van der Waals surface area contributed by atoms with Gasteiger partial charge in [0.2, 0.25) is 0 Å². The summed E-state index contributed by atoms with van der Waals surface area (Å²) in [7, 11) is 0. The lowest BCUT2D eigenvalue weighted by molar-refractivity contribution is 0.442. The van der Waals surface area contributed by atoms with E-state index in [1.807, 2.05) is 36.5 Å². The van der Waals surface area contributed by atoms with E-state index in [9.17, 15) is 0 Å². The maximum absolute atomic E-state index is 5.56. The Morgan fingerprint density at radius 3 is 2.45 bits per heavy atom. The fraction of sp³-hybridized carbons (Fsp3) is 0. The summed E-state index contributed by atoms with van der Waals surface area (Å²) >= 11 is 0. The van der Waals surface area contributed by atoms with E-state index in [-0.39, 0.29) is 0 Å². The molecule has 0 bridgehead atoms. The predicted molar refractivity (Wildman–Crippen MR) is 78.3 cm³/mol. The molecule has 0 fully saturated rings. The number of nitrogens with zero attached hydrogens (tertiary/aromatic N) is 6. The highest BCUT2D eigenvalue weighted by molar-refractivity contribution is 5.60. The van der Waals surface area contributed by atoms with Crippen LogP contribution < -0.4 is 4.74 Å². The van der Waals surface area contributed by atoms with E-state index in [4.69, 9.17) is 4.74 Å². The van der Waals surface area contributed by atoms with Crippen LogP contribution in [0.3, 0.4) is 0 Å². The van der Waals surface area contributed by atoms with Crippen LogP contribution in [-0.4, -0.2) is 29.5 Å². The summed E-state index contributed by atoms with van der Waals surface area (Å²) in [6.45, 7) is 0. The Balaban J connectivity index is 1.61. The topological polar surface area (TPSA) is 78.1 Å². The minimum Gasteiger partial charge on any atom is -0.424 e. The zero-order valence-corrected chi connectivity index (χ0v) is 11.4.